The number of para-hydroxylation sites is 2. The van der Waals surface area contributed by atoms with Crippen molar-refractivity contribution in [3.8, 4) is 0 Å². The molecular formula is C21H24N2O2. The third kappa shape index (κ3) is 3.27. The van der Waals surface area contributed by atoms with E-state index in [1.54, 1.807) is 0 Å². The van der Waals surface area contributed by atoms with Gasteiger partial charge in [-0.05, 0) is 43.0 Å². The summed E-state index contributed by atoms with van der Waals surface area (Å²) in [7, 11) is 0. The monoisotopic (exact) mass is 336 g/mol. The number of likely N-dealkylation sites (tertiary alicyclic amines) is 1. The molecule has 0 spiro atoms. The quantitative estimate of drug-likeness (QED) is 0.722. The predicted octanol–water partition coefficient (Wildman–Crippen LogP) is 4.04. The molecule has 0 amide bonds. The van der Waals surface area contributed by atoms with Gasteiger partial charge >= 0.3 is 5.76 Å². The Balaban J connectivity index is 1.53. The average molecular weight is 336 g/mol. The number of aromatic nitrogens is 1. The van der Waals surface area contributed by atoms with Crippen molar-refractivity contribution in [1.82, 2.24) is 9.47 Å². The van der Waals surface area contributed by atoms with Gasteiger partial charge in [0.1, 0.15) is 0 Å². The van der Waals surface area contributed by atoms with Crippen LogP contribution in [0, 0.1) is 0 Å². The minimum absolute atomic E-state index is 0.188. The zero-order valence-electron chi connectivity index (χ0n) is 14.6. The van der Waals surface area contributed by atoms with Crippen LogP contribution in [0.4, 0.5) is 0 Å². The number of oxazole rings is 1. The molecule has 1 fully saturated rings. The van der Waals surface area contributed by atoms with Crippen LogP contribution in [0.1, 0.15) is 37.3 Å². The van der Waals surface area contributed by atoms with E-state index < -0.39 is 0 Å². The molecule has 0 bridgehead atoms. The summed E-state index contributed by atoms with van der Waals surface area (Å²) in [4.78, 5) is 14.9. The molecule has 1 aliphatic heterocycles. The summed E-state index contributed by atoms with van der Waals surface area (Å²) < 4.78 is 7.28. The highest BCUT2D eigenvalue weighted by Crippen LogP contribution is 2.26. The Morgan fingerprint density at radius 3 is 2.72 bits per heavy atom. The number of fused-ring (bicyclic) bond motifs is 1. The lowest BCUT2D eigenvalue weighted by Crippen LogP contribution is -2.40. The van der Waals surface area contributed by atoms with Crippen LogP contribution in [-0.4, -0.2) is 29.1 Å². The standard InChI is InChI=1S/C21H24N2O2/c1-16(17-8-3-2-4-9-17)14-22-13-7-10-18(15-22)23-19-11-5-6-12-20(19)25-21(23)24/h2-6,8-9,11-12,16,18H,7,10,13-15H2,1H3. The fourth-order valence-electron chi connectivity index (χ4n) is 4.01. The van der Waals surface area contributed by atoms with Gasteiger partial charge in [0.25, 0.3) is 0 Å². The molecule has 130 valence electrons. The van der Waals surface area contributed by atoms with Gasteiger partial charge in [-0.2, -0.15) is 0 Å². The number of piperidine rings is 1. The first kappa shape index (κ1) is 16.2. The van der Waals surface area contributed by atoms with E-state index >= 15 is 0 Å². The van der Waals surface area contributed by atoms with Gasteiger partial charge < -0.3 is 9.32 Å². The van der Waals surface area contributed by atoms with Crippen LogP contribution in [0.25, 0.3) is 11.1 Å². The van der Waals surface area contributed by atoms with Gasteiger partial charge in [0.15, 0.2) is 5.58 Å². The normalized spacial score (nSPS) is 20.0. The first-order valence-corrected chi connectivity index (χ1v) is 9.10. The summed E-state index contributed by atoms with van der Waals surface area (Å²) in [5.41, 5.74) is 2.97. The van der Waals surface area contributed by atoms with Crippen molar-refractivity contribution in [2.45, 2.75) is 31.7 Å². The minimum Gasteiger partial charge on any atom is -0.408 e. The van der Waals surface area contributed by atoms with Gasteiger partial charge in [-0.3, -0.25) is 4.57 Å². The Morgan fingerprint density at radius 2 is 1.88 bits per heavy atom. The molecule has 4 nitrogen and oxygen atoms in total. The van der Waals surface area contributed by atoms with E-state index in [1.165, 1.54) is 5.56 Å². The Hall–Kier alpha value is -2.33. The summed E-state index contributed by atoms with van der Waals surface area (Å²) in [6, 6.07) is 18.6. The van der Waals surface area contributed by atoms with Crippen LogP contribution in [-0.2, 0) is 0 Å². The molecule has 1 aromatic heterocycles. The second-order valence-corrected chi connectivity index (χ2v) is 7.07. The highest BCUT2D eigenvalue weighted by atomic mass is 16.4. The molecule has 0 aliphatic carbocycles. The molecule has 0 radical (unpaired) electrons. The van der Waals surface area contributed by atoms with Crippen LogP contribution >= 0.6 is 0 Å². The van der Waals surface area contributed by atoms with E-state index in [1.807, 2.05) is 28.8 Å². The van der Waals surface area contributed by atoms with Crippen molar-refractivity contribution in [2.24, 2.45) is 0 Å². The third-order valence-corrected chi connectivity index (χ3v) is 5.27. The molecule has 2 unspecified atom stereocenters. The first-order chi connectivity index (χ1) is 12.2. The van der Waals surface area contributed by atoms with E-state index in [2.05, 4.69) is 42.2 Å². The van der Waals surface area contributed by atoms with Gasteiger partial charge in [0.2, 0.25) is 0 Å². The van der Waals surface area contributed by atoms with Crippen molar-refractivity contribution in [3.05, 3.63) is 70.7 Å². The summed E-state index contributed by atoms with van der Waals surface area (Å²) >= 11 is 0. The molecule has 25 heavy (non-hydrogen) atoms. The van der Waals surface area contributed by atoms with Gasteiger partial charge in [0, 0.05) is 13.1 Å². The summed E-state index contributed by atoms with van der Waals surface area (Å²) in [6.07, 6.45) is 2.14. The number of nitrogens with zero attached hydrogens (tertiary/aromatic N) is 2. The Kier molecular flexibility index (Phi) is 4.45. The molecule has 4 heteroatoms. The maximum absolute atomic E-state index is 12.4. The van der Waals surface area contributed by atoms with Crippen molar-refractivity contribution in [1.29, 1.82) is 0 Å². The van der Waals surface area contributed by atoms with E-state index in [0.29, 0.717) is 11.5 Å². The van der Waals surface area contributed by atoms with Crippen LogP contribution < -0.4 is 5.76 Å². The fourth-order valence-corrected chi connectivity index (χ4v) is 4.01. The van der Waals surface area contributed by atoms with E-state index in [-0.39, 0.29) is 11.8 Å². The zero-order chi connectivity index (χ0) is 17.2. The lowest BCUT2D eigenvalue weighted by atomic mass is 9.98. The van der Waals surface area contributed by atoms with E-state index in [9.17, 15) is 4.79 Å². The number of hydrogen-bond donors (Lipinski definition) is 0. The largest absolute Gasteiger partial charge is 0.420 e. The molecule has 2 heterocycles. The molecule has 2 atom stereocenters. The van der Waals surface area contributed by atoms with Crippen molar-refractivity contribution in [3.63, 3.8) is 0 Å². The van der Waals surface area contributed by atoms with E-state index in [4.69, 9.17) is 4.42 Å². The average Bonchev–Trinajstić information content (AvgIpc) is 2.98. The Bertz CT molecular complexity index is 897. The first-order valence-electron chi connectivity index (χ1n) is 9.10. The molecule has 1 saturated heterocycles. The smallest absolute Gasteiger partial charge is 0.408 e. The summed E-state index contributed by atoms with van der Waals surface area (Å²) in [5, 5.41) is 0. The SMILES string of the molecule is CC(CN1CCCC(n2c(=O)oc3ccccc32)C1)c1ccccc1. The minimum atomic E-state index is -0.232. The van der Waals surface area contributed by atoms with Crippen molar-refractivity contribution >= 4 is 11.1 Å². The highest BCUT2D eigenvalue weighted by Gasteiger charge is 2.26. The topological polar surface area (TPSA) is 38.4 Å². The Morgan fingerprint density at radius 1 is 1.12 bits per heavy atom. The molecule has 0 saturated carbocycles. The predicted molar refractivity (Wildman–Crippen MR) is 100 cm³/mol. The van der Waals surface area contributed by atoms with Gasteiger partial charge in [-0.1, -0.05) is 49.4 Å². The molecular weight excluding hydrogens is 312 g/mol. The third-order valence-electron chi connectivity index (χ3n) is 5.27. The zero-order valence-corrected chi connectivity index (χ0v) is 14.6. The maximum Gasteiger partial charge on any atom is 0.420 e. The van der Waals surface area contributed by atoms with Crippen LogP contribution in [0.3, 0.4) is 0 Å². The molecule has 4 rings (SSSR count). The van der Waals surface area contributed by atoms with Gasteiger partial charge in [-0.25, -0.2) is 4.79 Å². The van der Waals surface area contributed by atoms with E-state index in [0.717, 1.165) is 38.0 Å². The number of rotatable bonds is 4. The fraction of sp³-hybridized carbons (Fsp3) is 0.381. The van der Waals surface area contributed by atoms with Crippen LogP contribution in [0.5, 0.6) is 0 Å². The number of benzene rings is 2. The second-order valence-electron chi connectivity index (χ2n) is 7.07. The van der Waals surface area contributed by atoms with Crippen molar-refractivity contribution < 1.29 is 4.42 Å². The van der Waals surface area contributed by atoms with Gasteiger partial charge in [0.05, 0.1) is 11.6 Å². The summed E-state index contributed by atoms with van der Waals surface area (Å²) in [5.74, 6) is 0.252. The lowest BCUT2D eigenvalue weighted by Gasteiger charge is -2.34. The van der Waals surface area contributed by atoms with Crippen molar-refractivity contribution in [2.75, 3.05) is 19.6 Å². The number of hydrogen-bond acceptors (Lipinski definition) is 3. The summed E-state index contributed by atoms with van der Waals surface area (Å²) in [6.45, 7) is 5.29. The molecule has 2 aromatic carbocycles. The molecule has 1 aliphatic rings. The van der Waals surface area contributed by atoms with Gasteiger partial charge in [-0.15, -0.1) is 0 Å². The second kappa shape index (κ2) is 6.89. The molecule has 3 aromatic rings. The van der Waals surface area contributed by atoms with Crippen LogP contribution in [0.15, 0.2) is 63.8 Å². The highest BCUT2D eigenvalue weighted by molar-refractivity contribution is 5.72. The Labute approximate surface area is 147 Å². The lowest BCUT2D eigenvalue weighted by molar-refractivity contribution is 0.168. The molecule has 0 N–H and O–H groups in total. The van der Waals surface area contributed by atoms with Crippen LogP contribution in [0.2, 0.25) is 0 Å². The maximum atomic E-state index is 12.4.